The Morgan fingerprint density at radius 3 is 2.91 bits per heavy atom. The Morgan fingerprint density at radius 2 is 2.13 bits per heavy atom. The van der Waals surface area contributed by atoms with Crippen LogP contribution in [0.5, 0.6) is 0 Å². The van der Waals surface area contributed by atoms with Crippen LogP contribution >= 0.6 is 8.53 Å². The van der Waals surface area contributed by atoms with Crippen molar-refractivity contribution in [3.8, 4) is 0 Å². The molecule has 23 heavy (non-hydrogen) atoms. The van der Waals surface area contributed by atoms with Crippen molar-refractivity contribution in [2.45, 2.75) is 63.4 Å². The third-order valence-electron chi connectivity index (χ3n) is 5.46. The zero-order chi connectivity index (χ0) is 15.9. The maximum absolute atomic E-state index is 6.57. The number of hydrogen-bond donors (Lipinski definition) is 0. The van der Waals surface area contributed by atoms with Crippen molar-refractivity contribution < 1.29 is 13.8 Å². The monoisotopic (exact) mass is 335 g/mol. The SMILES string of the molecule is CC[C@H]1OCC[C@H]1O[P@@]1O[C@](C)(c2ccccc2)[C@@H]2CCCN21. The first-order valence-electron chi connectivity index (χ1n) is 8.82. The van der Waals surface area contributed by atoms with Crippen LogP contribution in [0.3, 0.4) is 0 Å². The summed E-state index contributed by atoms with van der Waals surface area (Å²) in [5.41, 5.74) is 1.00. The molecule has 0 unspecified atom stereocenters. The van der Waals surface area contributed by atoms with Gasteiger partial charge in [-0.3, -0.25) is 0 Å². The molecule has 0 radical (unpaired) electrons. The summed E-state index contributed by atoms with van der Waals surface area (Å²) in [6.45, 7) is 6.30. The van der Waals surface area contributed by atoms with E-state index >= 15 is 0 Å². The van der Waals surface area contributed by atoms with E-state index in [1.54, 1.807) is 0 Å². The molecule has 0 aromatic heterocycles. The van der Waals surface area contributed by atoms with Crippen molar-refractivity contribution in [1.82, 2.24) is 4.67 Å². The largest absolute Gasteiger partial charge is 0.375 e. The molecule has 3 saturated heterocycles. The van der Waals surface area contributed by atoms with Gasteiger partial charge in [-0.15, -0.1) is 0 Å². The molecule has 0 bridgehead atoms. The summed E-state index contributed by atoms with van der Waals surface area (Å²) in [5, 5.41) is 0. The first-order valence-corrected chi connectivity index (χ1v) is 9.95. The highest BCUT2D eigenvalue weighted by atomic mass is 31.2. The average molecular weight is 335 g/mol. The number of nitrogens with zero attached hydrogens (tertiary/aromatic N) is 1. The summed E-state index contributed by atoms with van der Waals surface area (Å²) in [5.74, 6) is 0. The predicted molar refractivity (Wildman–Crippen MR) is 91.0 cm³/mol. The molecule has 0 N–H and O–H groups in total. The second-order valence-electron chi connectivity index (χ2n) is 6.87. The Bertz CT molecular complexity index is 542. The molecule has 5 atom stereocenters. The summed E-state index contributed by atoms with van der Waals surface area (Å²) in [4.78, 5) is 0. The van der Waals surface area contributed by atoms with Crippen molar-refractivity contribution in [2.24, 2.45) is 0 Å². The number of hydrogen-bond acceptors (Lipinski definition) is 4. The number of ether oxygens (including phenoxy) is 1. The molecule has 4 rings (SSSR count). The summed E-state index contributed by atoms with van der Waals surface area (Å²) in [6, 6.07) is 11.1. The van der Waals surface area contributed by atoms with E-state index in [-0.39, 0.29) is 17.8 Å². The van der Waals surface area contributed by atoms with Gasteiger partial charge < -0.3 is 13.8 Å². The van der Waals surface area contributed by atoms with Gasteiger partial charge in [-0.25, -0.2) is 4.67 Å². The Labute approximate surface area is 140 Å². The Kier molecular flexibility index (Phi) is 4.46. The van der Waals surface area contributed by atoms with Gasteiger partial charge in [-0.1, -0.05) is 37.3 Å². The zero-order valence-corrected chi connectivity index (χ0v) is 14.9. The minimum atomic E-state index is -0.987. The van der Waals surface area contributed by atoms with Gasteiger partial charge in [-0.2, -0.15) is 0 Å². The average Bonchev–Trinajstić information content (AvgIpc) is 3.28. The van der Waals surface area contributed by atoms with Crippen LogP contribution in [0.1, 0.15) is 45.1 Å². The highest BCUT2D eigenvalue weighted by molar-refractivity contribution is 7.45. The minimum Gasteiger partial charge on any atom is -0.375 e. The standard InChI is InChI=1S/C18H26NO3P/c1-3-15-16(11-13-20-15)21-23-19-12-7-10-17(19)18(2,22-23)14-8-5-4-6-9-14/h4-6,8-9,15-17H,3,7,10-13H2,1-2H3/t15-,16-,17+,18-,23+/m1/s1. The van der Waals surface area contributed by atoms with Crippen LogP contribution in [0, 0.1) is 0 Å². The van der Waals surface area contributed by atoms with Crippen LogP contribution in [0.25, 0.3) is 0 Å². The Morgan fingerprint density at radius 1 is 1.30 bits per heavy atom. The van der Waals surface area contributed by atoms with Crippen molar-refractivity contribution in [3.05, 3.63) is 35.9 Å². The molecule has 0 spiro atoms. The van der Waals surface area contributed by atoms with Gasteiger partial charge in [0, 0.05) is 13.2 Å². The molecular formula is C18H26NO3P. The fraction of sp³-hybridized carbons (Fsp3) is 0.667. The van der Waals surface area contributed by atoms with E-state index in [4.69, 9.17) is 13.8 Å². The maximum atomic E-state index is 6.57. The summed E-state index contributed by atoms with van der Waals surface area (Å²) in [7, 11) is -0.987. The van der Waals surface area contributed by atoms with Crippen molar-refractivity contribution in [2.75, 3.05) is 13.2 Å². The Balaban J connectivity index is 1.56. The second-order valence-corrected chi connectivity index (χ2v) is 8.26. The molecule has 3 aliphatic rings. The molecule has 3 heterocycles. The lowest BCUT2D eigenvalue weighted by Gasteiger charge is -2.29. The molecule has 3 fully saturated rings. The lowest BCUT2D eigenvalue weighted by atomic mass is 9.87. The molecular weight excluding hydrogens is 309 g/mol. The lowest BCUT2D eigenvalue weighted by Crippen LogP contribution is -2.36. The van der Waals surface area contributed by atoms with E-state index in [1.807, 2.05) is 0 Å². The van der Waals surface area contributed by atoms with Crippen LogP contribution < -0.4 is 0 Å². The van der Waals surface area contributed by atoms with Crippen LogP contribution in [0.2, 0.25) is 0 Å². The molecule has 3 aliphatic heterocycles. The van der Waals surface area contributed by atoms with Crippen molar-refractivity contribution >= 4 is 8.53 Å². The van der Waals surface area contributed by atoms with Gasteiger partial charge in [0.05, 0.1) is 18.2 Å². The summed E-state index contributed by atoms with van der Waals surface area (Å²) in [6.07, 6.45) is 4.83. The fourth-order valence-electron chi connectivity index (χ4n) is 4.12. The maximum Gasteiger partial charge on any atom is 0.260 e. The molecule has 0 amide bonds. The van der Waals surface area contributed by atoms with E-state index < -0.39 is 8.53 Å². The third kappa shape index (κ3) is 2.75. The quantitative estimate of drug-likeness (QED) is 0.772. The summed E-state index contributed by atoms with van der Waals surface area (Å²) < 4.78 is 21.3. The molecule has 0 aliphatic carbocycles. The van der Waals surface area contributed by atoms with Gasteiger partial charge in [0.25, 0.3) is 8.53 Å². The van der Waals surface area contributed by atoms with Crippen LogP contribution in [-0.4, -0.2) is 36.1 Å². The fourth-order valence-corrected chi connectivity index (χ4v) is 6.29. The minimum absolute atomic E-state index is 0.186. The van der Waals surface area contributed by atoms with Crippen LogP contribution in [0.15, 0.2) is 30.3 Å². The first kappa shape index (κ1) is 16.0. The zero-order valence-electron chi connectivity index (χ0n) is 14.0. The van der Waals surface area contributed by atoms with Crippen LogP contribution in [-0.2, 0) is 19.4 Å². The van der Waals surface area contributed by atoms with Crippen LogP contribution in [0.4, 0.5) is 0 Å². The van der Waals surface area contributed by atoms with Crippen molar-refractivity contribution in [3.63, 3.8) is 0 Å². The van der Waals surface area contributed by atoms with Gasteiger partial charge >= 0.3 is 0 Å². The Hall–Kier alpha value is -0.510. The predicted octanol–water partition coefficient (Wildman–Crippen LogP) is 4.21. The van der Waals surface area contributed by atoms with Gasteiger partial charge in [-0.05, 0) is 38.2 Å². The number of fused-ring (bicyclic) bond motifs is 1. The second kappa shape index (κ2) is 6.42. The molecule has 4 nitrogen and oxygen atoms in total. The van der Waals surface area contributed by atoms with E-state index in [2.05, 4.69) is 48.8 Å². The number of rotatable bonds is 4. The lowest BCUT2D eigenvalue weighted by molar-refractivity contribution is 0.0374. The van der Waals surface area contributed by atoms with E-state index in [9.17, 15) is 0 Å². The van der Waals surface area contributed by atoms with E-state index in [0.717, 1.165) is 26.0 Å². The number of benzene rings is 1. The van der Waals surface area contributed by atoms with Gasteiger partial charge in [0.1, 0.15) is 5.60 Å². The van der Waals surface area contributed by atoms with Crippen molar-refractivity contribution in [1.29, 1.82) is 0 Å². The third-order valence-corrected chi connectivity index (χ3v) is 7.35. The topological polar surface area (TPSA) is 30.9 Å². The van der Waals surface area contributed by atoms with Gasteiger partial charge in [0.15, 0.2) is 0 Å². The molecule has 5 heteroatoms. The molecule has 1 aromatic rings. The highest BCUT2D eigenvalue weighted by Crippen LogP contribution is 2.63. The summed E-state index contributed by atoms with van der Waals surface area (Å²) >= 11 is 0. The smallest absolute Gasteiger partial charge is 0.260 e. The van der Waals surface area contributed by atoms with Gasteiger partial charge in [0.2, 0.25) is 0 Å². The molecule has 1 aromatic carbocycles. The normalized spacial score (nSPS) is 40.6. The van der Waals surface area contributed by atoms with E-state index in [1.165, 1.54) is 18.4 Å². The highest BCUT2D eigenvalue weighted by Gasteiger charge is 2.55. The van der Waals surface area contributed by atoms with E-state index in [0.29, 0.717) is 6.04 Å². The molecule has 0 saturated carbocycles. The molecule has 126 valence electrons. The first-order chi connectivity index (χ1) is 11.2.